The van der Waals surface area contributed by atoms with Gasteiger partial charge in [-0.25, -0.2) is 4.98 Å². The molecule has 0 aliphatic heterocycles. The average molecular weight is 730 g/mol. The van der Waals surface area contributed by atoms with Gasteiger partial charge in [0.1, 0.15) is 6.04 Å². The van der Waals surface area contributed by atoms with Gasteiger partial charge in [0.2, 0.25) is 0 Å². The van der Waals surface area contributed by atoms with E-state index in [2.05, 4.69) is 180 Å². The molecule has 0 bridgehead atoms. The van der Waals surface area contributed by atoms with Crippen LogP contribution >= 0.6 is 0 Å². The van der Waals surface area contributed by atoms with Gasteiger partial charge in [0.05, 0.1) is 22.4 Å². The molecule has 3 nitrogen and oxygen atoms in total. The topological polar surface area (TPSA) is 30.2 Å². The lowest BCUT2D eigenvalue weighted by Crippen LogP contribution is -1.96. The van der Waals surface area contributed by atoms with Crippen molar-refractivity contribution in [2.75, 3.05) is 0 Å². The van der Waals surface area contributed by atoms with E-state index in [1.807, 2.05) is 43.5 Å². The smallest absolute Gasteiger partial charge is 0.101 e. The molecule has 2 aromatic heterocycles. The lowest BCUT2D eigenvalue weighted by atomic mass is 9.97. The molecule has 0 amide bonds. The van der Waals surface area contributed by atoms with Crippen molar-refractivity contribution >= 4 is 28.0 Å². The summed E-state index contributed by atoms with van der Waals surface area (Å²) in [4.78, 5) is 10.3. The van der Waals surface area contributed by atoms with Crippen LogP contribution in [0.15, 0.2) is 211 Å². The summed E-state index contributed by atoms with van der Waals surface area (Å²) >= 11 is 0. The van der Waals surface area contributed by atoms with Crippen LogP contribution in [0.3, 0.4) is 0 Å². The monoisotopic (exact) mass is 729 g/mol. The lowest BCUT2D eigenvalue weighted by molar-refractivity contribution is 0.909. The molecule has 270 valence electrons. The standard InChI is InChI=1S/C54H39N3/c1-2-3-4-15-31-55-54-48-25-12-11-23-44(48)45-29-27-39(33-49(45)54)40-28-30-47-46-24-13-14-26-52(46)57(53(47)36-40)43-22-16-21-41(32-43)51-35-42(37-17-7-5-8-18-37)34-50(56-51)38-19-9-6-10-20-38/h2-36,54H,1H3/b3-2-,15-4-,55-31+. The van der Waals surface area contributed by atoms with Gasteiger partial charge in [-0.15, -0.1) is 0 Å². The fourth-order valence-electron chi connectivity index (χ4n) is 8.35. The molecular weight excluding hydrogens is 691 g/mol. The van der Waals surface area contributed by atoms with Crippen molar-refractivity contribution in [1.82, 2.24) is 9.55 Å². The first-order chi connectivity index (χ1) is 28.2. The number of rotatable bonds is 8. The van der Waals surface area contributed by atoms with E-state index in [-0.39, 0.29) is 6.04 Å². The number of hydrogen-bond donors (Lipinski definition) is 0. The van der Waals surface area contributed by atoms with Crippen LogP contribution in [0.2, 0.25) is 0 Å². The van der Waals surface area contributed by atoms with E-state index in [0.717, 1.165) is 39.3 Å². The van der Waals surface area contributed by atoms with Crippen LogP contribution in [0.1, 0.15) is 24.1 Å². The number of allylic oxidation sites excluding steroid dienone is 4. The van der Waals surface area contributed by atoms with Crippen molar-refractivity contribution in [3.63, 3.8) is 0 Å². The lowest BCUT2D eigenvalue weighted by Gasteiger charge is -2.13. The summed E-state index contributed by atoms with van der Waals surface area (Å²) in [5, 5.41) is 2.45. The van der Waals surface area contributed by atoms with Crippen LogP contribution in [-0.4, -0.2) is 15.8 Å². The van der Waals surface area contributed by atoms with Gasteiger partial charge < -0.3 is 4.57 Å². The van der Waals surface area contributed by atoms with Crippen LogP contribution < -0.4 is 0 Å². The number of para-hydroxylation sites is 1. The first kappa shape index (κ1) is 34.2. The Kier molecular flexibility index (Phi) is 8.81. The van der Waals surface area contributed by atoms with E-state index in [1.165, 1.54) is 55.2 Å². The van der Waals surface area contributed by atoms with Gasteiger partial charge in [-0.1, -0.05) is 158 Å². The number of nitrogens with zero attached hydrogens (tertiary/aromatic N) is 3. The normalized spacial score (nSPS) is 13.7. The molecule has 57 heavy (non-hydrogen) atoms. The molecule has 0 radical (unpaired) electrons. The van der Waals surface area contributed by atoms with Gasteiger partial charge in [0.15, 0.2) is 0 Å². The maximum absolute atomic E-state index is 5.26. The fourth-order valence-corrected chi connectivity index (χ4v) is 8.35. The molecule has 7 aromatic carbocycles. The minimum absolute atomic E-state index is 0.0549. The van der Waals surface area contributed by atoms with Crippen molar-refractivity contribution in [1.29, 1.82) is 0 Å². The SMILES string of the molecule is C\C=C/C=C\C=N\C1c2ccccc2-c2ccc(-c3ccc4c5ccccc5n(-c5cccc(-c6cc(-c7ccccc7)cc(-c7ccccc7)n6)c5)c4c3)cc21. The van der Waals surface area contributed by atoms with Crippen LogP contribution in [0.5, 0.6) is 0 Å². The molecule has 1 aliphatic rings. The Hall–Kier alpha value is -7.36. The number of fused-ring (bicyclic) bond motifs is 6. The Balaban J connectivity index is 1.10. The molecule has 0 N–H and O–H groups in total. The maximum Gasteiger partial charge on any atom is 0.101 e. The van der Waals surface area contributed by atoms with Crippen LogP contribution in [0.25, 0.3) is 83.4 Å². The molecule has 3 heteroatoms. The summed E-state index contributed by atoms with van der Waals surface area (Å²) in [5.74, 6) is 0. The van der Waals surface area contributed by atoms with Gasteiger partial charge >= 0.3 is 0 Å². The van der Waals surface area contributed by atoms with Crippen LogP contribution in [0, 0.1) is 0 Å². The number of aliphatic imine (C=N–C) groups is 1. The third-order valence-corrected chi connectivity index (χ3v) is 11.0. The molecule has 1 unspecified atom stereocenters. The van der Waals surface area contributed by atoms with Gasteiger partial charge in [-0.05, 0) is 100.0 Å². The first-order valence-corrected chi connectivity index (χ1v) is 19.6. The quantitative estimate of drug-likeness (QED) is 0.113. The van der Waals surface area contributed by atoms with Crippen molar-refractivity contribution in [2.24, 2.45) is 4.99 Å². The fraction of sp³-hybridized carbons (Fsp3) is 0.0370. The highest BCUT2D eigenvalue weighted by atomic mass is 15.0. The highest BCUT2D eigenvalue weighted by Crippen LogP contribution is 2.47. The van der Waals surface area contributed by atoms with E-state index in [4.69, 9.17) is 9.98 Å². The molecule has 0 saturated heterocycles. The summed E-state index contributed by atoms with van der Waals surface area (Å²) in [6.45, 7) is 2.02. The predicted octanol–water partition coefficient (Wildman–Crippen LogP) is 14.1. The third-order valence-electron chi connectivity index (χ3n) is 11.0. The summed E-state index contributed by atoms with van der Waals surface area (Å²) in [6.07, 6.45) is 10.00. The Labute approximate surface area is 333 Å². The van der Waals surface area contributed by atoms with E-state index in [9.17, 15) is 0 Å². The predicted molar refractivity (Wildman–Crippen MR) is 240 cm³/mol. The Bertz CT molecular complexity index is 2960. The Morgan fingerprint density at radius 2 is 1.12 bits per heavy atom. The summed E-state index contributed by atoms with van der Waals surface area (Å²) in [6, 6.07) is 65.4. The highest BCUT2D eigenvalue weighted by molar-refractivity contribution is 6.10. The van der Waals surface area contributed by atoms with Crippen molar-refractivity contribution < 1.29 is 0 Å². The molecule has 1 aliphatic carbocycles. The average Bonchev–Trinajstić information content (AvgIpc) is 3.78. The molecule has 0 spiro atoms. The van der Waals surface area contributed by atoms with E-state index >= 15 is 0 Å². The zero-order chi connectivity index (χ0) is 38.1. The zero-order valence-corrected chi connectivity index (χ0v) is 31.6. The van der Waals surface area contributed by atoms with Crippen molar-refractivity contribution in [3.8, 4) is 61.6 Å². The highest BCUT2D eigenvalue weighted by Gasteiger charge is 2.28. The van der Waals surface area contributed by atoms with Gasteiger partial charge in [-0.2, -0.15) is 0 Å². The number of benzene rings is 7. The second kappa shape index (κ2) is 14.7. The van der Waals surface area contributed by atoms with E-state index < -0.39 is 0 Å². The summed E-state index contributed by atoms with van der Waals surface area (Å²) in [5.41, 5.74) is 17.1. The molecule has 1 atom stereocenters. The Morgan fingerprint density at radius 1 is 0.456 bits per heavy atom. The minimum atomic E-state index is -0.0549. The molecule has 0 saturated carbocycles. The van der Waals surface area contributed by atoms with Gasteiger partial charge in [-0.3, -0.25) is 4.99 Å². The summed E-state index contributed by atoms with van der Waals surface area (Å²) < 4.78 is 2.41. The van der Waals surface area contributed by atoms with E-state index in [0.29, 0.717) is 0 Å². The molecule has 2 heterocycles. The number of aromatic nitrogens is 2. The first-order valence-electron chi connectivity index (χ1n) is 19.6. The number of hydrogen-bond acceptors (Lipinski definition) is 2. The number of pyridine rings is 1. The van der Waals surface area contributed by atoms with Crippen LogP contribution in [0.4, 0.5) is 0 Å². The van der Waals surface area contributed by atoms with E-state index in [1.54, 1.807) is 0 Å². The molecule has 9 aromatic rings. The Morgan fingerprint density at radius 3 is 1.96 bits per heavy atom. The van der Waals surface area contributed by atoms with Gasteiger partial charge in [0, 0.05) is 33.8 Å². The minimum Gasteiger partial charge on any atom is -0.309 e. The van der Waals surface area contributed by atoms with Gasteiger partial charge in [0.25, 0.3) is 0 Å². The molecule has 0 fully saturated rings. The van der Waals surface area contributed by atoms with Crippen molar-refractivity contribution in [3.05, 3.63) is 217 Å². The second-order valence-corrected chi connectivity index (χ2v) is 14.5. The zero-order valence-electron chi connectivity index (χ0n) is 31.6. The third kappa shape index (κ3) is 6.30. The maximum atomic E-state index is 5.26. The molecular formula is C54H39N3. The second-order valence-electron chi connectivity index (χ2n) is 14.5. The van der Waals surface area contributed by atoms with Crippen LogP contribution in [-0.2, 0) is 0 Å². The largest absolute Gasteiger partial charge is 0.309 e. The van der Waals surface area contributed by atoms with Crippen molar-refractivity contribution in [2.45, 2.75) is 13.0 Å². The molecule has 10 rings (SSSR count). The summed E-state index contributed by atoms with van der Waals surface area (Å²) in [7, 11) is 0.